The van der Waals surface area contributed by atoms with Crippen molar-refractivity contribution >= 4 is 17.2 Å². The van der Waals surface area contributed by atoms with Gasteiger partial charge in [-0.3, -0.25) is 4.79 Å². The number of fused-ring (bicyclic) bond motifs is 2. The number of anilines is 1. The van der Waals surface area contributed by atoms with Gasteiger partial charge >= 0.3 is 0 Å². The van der Waals surface area contributed by atoms with E-state index >= 15 is 0 Å². The summed E-state index contributed by atoms with van der Waals surface area (Å²) in [6.45, 7) is 4.02. The minimum Gasteiger partial charge on any atom is -0.472 e. The molecule has 136 valence electrons. The van der Waals surface area contributed by atoms with Crippen molar-refractivity contribution in [3.63, 3.8) is 0 Å². The molecule has 5 nitrogen and oxygen atoms in total. The summed E-state index contributed by atoms with van der Waals surface area (Å²) >= 11 is 0. The van der Waals surface area contributed by atoms with E-state index in [1.54, 1.807) is 12.5 Å². The second kappa shape index (κ2) is 6.65. The Bertz CT molecular complexity index is 814. The van der Waals surface area contributed by atoms with Crippen molar-refractivity contribution in [3.05, 3.63) is 48.9 Å². The lowest BCUT2D eigenvalue weighted by Crippen LogP contribution is -2.48. The maximum atomic E-state index is 12.8. The largest absolute Gasteiger partial charge is 0.472 e. The predicted molar refractivity (Wildman–Crippen MR) is 103 cm³/mol. The molecule has 5 heteroatoms. The van der Waals surface area contributed by atoms with E-state index in [0.29, 0.717) is 28.9 Å². The normalized spacial score (nSPS) is 25.2. The number of hydrogen-bond acceptors (Lipinski definition) is 4. The van der Waals surface area contributed by atoms with Crippen molar-refractivity contribution in [2.24, 2.45) is 0 Å². The first kappa shape index (κ1) is 16.9. The number of amides is 1. The summed E-state index contributed by atoms with van der Waals surface area (Å²) in [6, 6.07) is 8.90. The molecule has 2 aliphatic heterocycles. The number of piperidine rings is 1. The van der Waals surface area contributed by atoms with Gasteiger partial charge in [0.15, 0.2) is 0 Å². The van der Waals surface area contributed by atoms with Crippen LogP contribution >= 0.6 is 0 Å². The SMILES string of the molecule is C=C(C(=O)NC1CC2CCC(C1)N2C)c1cc(-c2ccoc2)ccc1N. The highest BCUT2D eigenvalue weighted by Crippen LogP contribution is 2.34. The van der Waals surface area contributed by atoms with Gasteiger partial charge in [-0.15, -0.1) is 0 Å². The van der Waals surface area contributed by atoms with E-state index in [4.69, 9.17) is 10.2 Å². The molecule has 2 atom stereocenters. The smallest absolute Gasteiger partial charge is 0.251 e. The van der Waals surface area contributed by atoms with Gasteiger partial charge in [0.2, 0.25) is 0 Å². The number of carbonyl (C=O) groups excluding carboxylic acids is 1. The minimum atomic E-state index is -0.130. The molecule has 1 amide bonds. The molecular weight excluding hydrogens is 326 g/mol. The molecule has 0 spiro atoms. The zero-order valence-electron chi connectivity index (χ0n) is 15.1. The van der Waals surface area contributed by atoms with Crippen molar-refractivity contribution in [3.8, 4) is 11.1 Å². The minimum absolute atomic E-state index is 0.130. The molecule has 1 aromatic heterocycles. The number of nitrogens with one attached hydrogen (secondary N) is 1. The van der Waals surface area contributed by atoms with Crippen molar-refractivity contribution < 1.29 is 9.21 Å². The van der Waals surface area contributed by atoms with Crippen LogP contribution in [0.4, 0.5) is 5.69 Å². The number of carbonyl (C=O) groups is 1. The van der Waals surface area contributed by atoms with Crippen LogP contribution < -0.4 is 11.1 Å². The van der Waals surface area contributed by atoms with Crippen LogP contribution in [0.15, 0.2) is 47.8 Å². The summed E-state index contributed by atoms with van der Waals surface area (Å²) in [6.07, 6.45) is 7.78. The summed E-state index contributed by atoms with van der Waals surface area (Å²) in [5.74, 6) is -0.130. The highest BCUT2D eigenvalue weighted by Gasteiger charge is 2.38. The van der Waals surface area contributed by atoms with Gasteiger partial charge in [0, 0.05) is 40.5 Å². The second-order valence-electron chi connectivity index (χ2n) is 7.48. The van der Waals surface area contributed by atoms with Crippen molar-refractivity contribution in [1.29, 1.82) is 0 Å². The fraction of sp³-hybridized carbons (Fsp3) is 0.381. The van der Waals surface area contributed by atoms with E-state index in [2.05, 4.69) is 23.8 Å². The Hall–Kier alpha value is -2.53. The van der Waals surface area contributed by atoms with E-state index in [1.165, 1.54) is 12.8 Å². The molecule has 2 saturated heterocycles. The molecule has 0 aliphatic carbocycles. The van der Waals surface area contributed by atoms with Gasteiger partial charge < -0.3 is 20.4 Å². The van der Waals surface area contributed by atoms with Crippen LogP contribution in [0.2, 0.25) is 0 Å². The summed E-state index contributed by atoms with van der Waals surface area (Å²) < 4.78 is 5.15. The molecule has 2 bridgehead atoms. The first-order valence-corrected chi connectivity index (χ1v) is 9.17. The number of hydrogen-bond donors (Lipinski definition) is 2. The van der Waals surface area contributed by atoms with E-state index in [-0.39, 0.29) is 11.9 Å². The average molecular weight is 351 g/mol. The average Bonchev–Trinajstić information content (AvgIpc) is 3.22. The maximum absolute atomic E-state index is 12.8. The van der Waals surface area contributed by atoms with Crippen LogP contribution in [0, 0.1) is 0 Å². The molecule has 2 fully saturated rings. The third kappa shape index (κ3) is 3.03. The van der Waals surface area contributed by atoms with E-state index in [9.17, 15) is 4.79 Å². The van der Waals surface area contributed by atoms with Gasteiger partial charge in [0.05, 0.1) is 12.5 Å². The zero-order valence-corrected chi connectivity index (χ0v) is 15.1. The monoisotopic (exact) mass is 351 g/mol. The number of benzene rings is 1. The summed E-state index contributed by atoms with van der Waals surface area (Å²) in [4.78, 5) is 15.2. The van der Waals surface area contributed by atoms with Crippen LogP contribution in [-0.2, 0) is 4.79 Å². The molecule has 2 aliphatic rings. The van der Waals surface area contributed by atoms with Gasteiger partial charge in [-0.25, -0.2) is 0 Å². The van der Waals surface area contributed by atoms with Crippen LogP contribution in [0.1, 0.15) is 31.2 Å². The zero-order chi connectivity index (χ0) is 18.3. The van der Waals surface area contributed by atoms with E-state index in [0.717, 1.165) is 24.0 Å². The molecule has 0 saturated carbocycles. The molecule has 1 aromatic carbocycles. The van der Waals surface area contributed by atoms with Crippen LogP contribution in [0.25, 0.3) is 16.7 Å². The Morgan fingerprint density at radius 3 is 2.62 bits per heavy atom. The summed E-state index contributed by atoms with van der Waals surface area (Å²) in [5, 5.41) is 3.18. The number of nitrogen functional groups attached to an aromatic ring is 1. The molecule has 4 rings (SSSR count). The fourth-order valence-electron chi connectivity index (χ4n) is 4.35. The number of furan rings is 1. The third-order valence-corrected chi connectivity index (χ3v) is 5.94. The van der Waals surface area contributed by atoms with Gasteiger partial charge in [0.25, 0.3) is 5.91 Å². The summed E-state index contributed by atoms with van der Waals surface area (Å²) in [7, 11) is 2.20. The quantitative estimate of drug-likeness (QED) is 0.655. The lowest BCUT2D eigenvalue weighted by Gasteiger charge is -2.36. The van der Waals surface area contributed by atoms with Crippen molar-refractivity contribution in [2.75, 3.05) is 12.8 Å². The molecule has 26 heavy (non-hydrogen) atoms. The standard InChI is InChI=1S/C21H25N3O2/c1-13(19-9-14(3-6-20(19)22)15-7-8-26-12-15)21(25)23-16-10-17-4-5-18(11-16)24(17)2/h3,6-9,12,16-18H,1,4-5,10-11,22H2,2H3,(H,23,25). The highest BCUT2D eigenvalue weighted by atomic mass is 16.3. The Morgan fingerprint density at radius 2 is 1.96 bits per heavy atom. The topological polar surface area (TPSA) is 71.5 Å². The van der Waals surface area contributed by atoms with Gasteiger partial charge in [-0.1, -0.05) is 12.6 Å². The Morgan fingerprint density at radius 1 is 1.23 bits per heavy atom. The first-order chi connectivity index (χ1) is 12.5. The van der Waals surface area contributed by atoms with Gasteiger partial charge in [-0.05, 0) is 56.5 Å². The fourth-order valence-corrected chi connectivity index (χ4v) is 4.35. The number of rotatable bonds is 4. The maximum Gasteiger partial charge on any atom is 0.251 e. The van der Waals surface area contributed by atoms with Crippen molar-refractivity contribution in [2.45, 2.75) is 43.8 Å². The van der Waals surface area contributed by atoms with Crippen LogP contribution in [0.3, 0.4) is 0 Å². The van der Waals surface area contributed by atoms with E-state index < -0.39 is 0 Å². The Labute approximate surface area is 153 Å². The molecule has 0 radical (unpaired) electrons. The van der Waals surface area contributed by atoms with Gasteiger partial charge in [-0.2, -0.15) is 0 Å². The number of nitrogens with zero attached hydrogens (tertiary/aromatic N) is 1. The molecular formula is C21H25N3O2. The molecule has 2 unspecified atom stereocenters. The molecule has 3 heterocycles. The molecule has 3 N–H and O–H groups in total. The lowest BCUT2D eigenvalue weighted by atomic mass is 9.96. The predicted octanol–water partition coefficient (Wildman–Crippen LogP) is 3.28. The van der Waals surface area contributed by atoms with Crippen molar-refractivity contribution in [1.82, 2.24) is 10.2 Å². The highest BCUT2D eigenvalue weighted by molar-refractivity contribution is 6.20. The Kier molecular flexibility index (Phi) is 4.32. The summed E-state index contributed by atoms with van der Waals surface area (Å²) in [5.41, 5.74) is 9.67. The molecule has 2 aromatic rings. The lowest BCUT2D eigenvalue weighted by molar-refractivity contribution is -0.116. The third-order valence-electron chi connectivity index (χ3n) is 5.94. The van der Waals surface area contributed by atoms with E-state index in [1.807, 2.05) is 24.3 Å². The Balaban J connectivity index is 1.49. The van der Waals surface area contributed by atoms with Gasteiger partial charge in [0.1, 0.15) is 0 Å². The first-order valence-electron chi connectivity index (χ1n) is 9.17. The second-order valence-corrected chi connectivity index (χ2v) is 7.48. The number of nitrogens with two attached hydrogens (primary N) is 1. The van der Waals surface area contributed by atoms with Crippen LogP contribution in [-0.4, -0.2) is 36.0 Å². The van der Waals surface area contributed by atoms with Crippen LogP contribution in [0.5, 0.6) is 0 Å².